The Bertz CT molecular complexity index is 523. The fourth-order valence-corrected chi connectivity index (χ4v) is 5.17. The fraction of sp³-hybridized carbons (Fsp3) is 0.692. The lowest BCUT2D eigenvalue weighted by Crippen LogP contribution is -2.33. The summed E-state index contributed by atoms with van der Waals surface area (Å²) in [6.45, 7) is 2.57. The summed E-state index contributed by atoms with van der Waals surface area (Å²) < 4.78 is 27.6. The molecule has 0 radical (unpaired) electrons. The van der Waals surface area contributed by atoms with Crippen molar-refractivity contribution in [3.8, 4) is 0 Å². The van der Waals surface area contributed by atoms with Crippen LogP contribution in [0.15, 0.2) is 16.3 Å². The Kier molecular flexibility index (Phi) is 5.92. The summed E-state index contributed by atoms with van der Waals surface area (Å²) in [4.78, 5) is 1.34. The number of sulfonamides is 1. The minimum atomic E-state index is -3.39. The first-order chi connectivity index (χ1) is 9.53. The van der Waals surface area contributed by atoms with Gasteiger partial charge in [0.25, 0.3) is 0 Å². The lowest BCUT2D eigenvalue weighted by molar-refractivity contribution is 0.555. The number of hydrogen-bond acceptors (Lipinski definition) is 5. The van der Waals surface area contributed by atoms with Crippen molar-refractivity contribution in [3.63, 3.8) is 0 Å². The van der Waals surface area contributed by atoms with Crippen LogP contribution in [0, 0.1) is 0 Å². The second kappa shape index (κ2) is 7.26. The van der Waals surface area contributed by atoms with E-state index in [9.17, 15) is 8.42 Å². The van der Waals surface area contributed by atoms with E-state index in [0.29, 0.717) is 17.5 Å². The number of thiophene rings is 1. The molecule has 0 bridgehead atoms. The zero-order valence-electron chi connectivity index (χ0n) is 11.9. The first kappa shape index (κ1) is 16.3. The lowest BCUT2D eigenvalue weighted by atomic mass is 10.3. The van der Waals surface area contributed by atoms with Gasteiger partial charge in [-0.25, -0.2) is 13.1 Å². The fourth-order valence-electron chi connectivity index (χ4n) is 1.90. The topological polar surface area (TPSA) is 58.2 Å². The maximum atomic E-state index is 12.4. The summed E-state index contributed by atoms with van der Waals surface area (Å²) in [5.74, 6) is 0.962. The number of rotatable bonds is 9. The highest BCUT2D eigenvalue weighted by molar-refractivity contribution is 7.98. The molecule has 0 aliphatic heterocycles. The molecule has 2 rings (SSSR count). The number of thioether (sulfide) groups is 1. The minimum Gasteiger partial charge on any atom is -0.309 e. The van der Waals surface area contributed by atoms with Crippen LogP contribution in [0.5, 0.6) is 0 Å². The monoisotopic (exact) mass is 334 g/mol. The lowest BCUT2D eigenvalue weighted by Gasteiger charge is -2.14. The van der Waals surface area contributed by atoms with Gasteiger partial charge in [-0.1, -0.05) is 0 Å². The first-order valence-electron chi connectivity index (χ1n) is 6.84. The normalized spacial score (nSPS) is 17.3. The van der Waals surface area contributed by atoms with E-state index in [0.717, 1.165) is 17.1 Å². The largest absolute Gasteiger partial charge is 0.309 e. The van der Waals surface area contributed by atoms with E-state index < -0.39 is 10.0 Å². The third-order valence-electron chi connectivity index (χ3n) is 3.23. The molecule has 1 aromatic rings. The molecule has 0 amide bonds. The van der Waals surface area contributed by atoms with Gasteiger partial charge in [0, 0.05) is 23.5 Å². The Morgan fingerprint density at radius 1 is 1.50 bits per heavy atom. The molecule has 1 aliphatic rings. The van der Waals surface area contributed by atoms with Crippen LogP contribution in [0.4, 0.5) is 0 Å². The summed E-state index contributed by atoms with van der Waals surface area (Å²) >= 11 is 3.24. The average Bonchev–Trinajstić information content (AvgIpc) is 3.09. The summed E-state index contributed by atoms with van der Waals surface area (Å²) in [6, 6.07) is 2.26. The zero-order valence-corrected chi connectivity index (χ0v) is 14.3. The Labute approximate surface area is 129 Å². The molecule has 1 atom stereocenters. The maximum Gasteiger partial charge on any atom is 0.241 e. The van der Waals surface area contributed by atoms with Crippen molar-refractivity contribution in [2.45, 2.75) is 49.7 Å². The third kappa shape index (κ3) is 4.73. The van der Waals surface area contributed by atoms with Gasteiger partial charge in [0.1, 0.15) is 0 Å². The molecule has 0 aromatic carbocycles. The highest BCUT2D eigenvalue weighted by Crippen LogP contribution is 2.25. The minimum absolute atomic E-state index is 0.0309. The van der Waals surface area contributed by atoms with Gasteiger partial charge in [0.2, 0.25) is 10.0 Å². The van der Waals surface area contributed by atoms with Crippen molar-refractivity contribution in [3.05, 3.63) is 16.3 Å². The predicted molar refractivity (Wildman–Crippen MR) is 87.0 cm³/mol. The molecular formula is C13H22N2O2S3. The quantitative estimate of drug-likeness (QED) is 0.728. The van der Waals surface area contributed by atoms with Gasteiger partial charge in [0.15, 0.2) is 0 Å². The summed E-state index contributed by atoms with van der Waals surface area (Å²) in [6.07, 6.45) is 5.29. The third-order valence-corrected chi connectivity index (χ3v) is 6.60. The van der Waals surface area contributed by atoms with E-state index in [4.69, 9.17) is 0 Å². The van der Waals surface area contributed by atoms with Crippen LogP contribution in [-0.2, 0) is 16.6 Å². The second-order valence-electron chi connectivity index (χ2n) is 5.17. The van der Waals surface area contributed by atoms with Crippen molar-refractivity contribution in [2.75, 3.05) is 12.0 Å². The van der Waals surface area contributed by atoms with E-state index in [-0.39, 0.29) is 6.04 Å². The molecule has 2 N–H and O–H groups in total. The van der Waals surface area contributed by atoms with Crippen LogP contribution >= 0.6 is 23.1 Å². The summed E-state index contributed by atoms with van der Waals surface area (Å²) in [5, 5.41) is 5.23. The van der Waals surface area contributed by atoms with Gasteiger partial charge in [-0.3, -0.25) is 0 Å². The summed E-state index contributed by atoms with van der Waals surface area (Å²) in [7, 11) is -3.39. The van der Waals surface area contributed by atoms with Gasteiger partial charge < -0.3 is 5.32 Å². The van der Waals surface area contributed by atoms with Gasteiger partial charge in [-0.2, -0.15) is 11.8 Å². The van der Waals surface area contributed by atoms with Crippen molar-refractivity contribution < 1.29 is 8.42 Å². The van der Waals surface area contributed by atoms with Crippen LogP contribution < -0.4 is 10.0 Å². The zero-order chi connectivity index (χ0) is 14.6. The molecule has 114 valence electrons. The molecule has 1 unspecified atom stereocenters. The van der Waals surface area contributed by atoms with E-state index in [2.05, 4.69) is 10.0 Å². The molecule has 1 fully saturated rings. The molecule has 1 saturated carbocycles. The average molecular weight is 335 g/mol. The van der Waals surface area contributed by atoms with Gasteiger partial charge in [-0.05, 0) is 49.6 Å². The molecule has 1 aromatic heterocycles. The summed E-state index contributed by atoms with van der Waals surface area (Å²) in [5.41, 5.74) is 0. The smallest absolute Gasteiger partial charge is 0.241 e. The molecule has 1 heterocycles. The first-order valence-corrected chi connectivity index (χ1v) is 10.6. The standard InChI is InChI=1S/C13H22N2O2S3/c1-10(5-7-18-2)15-20(16,17)13-6-8-19-12(13)9-14-11-3-4-11/h6,8,10-11,14-15H,3-5,7,9H2,1-2H3. The van der Waals surface area contributed by atoms with Crippen LogP contribution in [0.2, 0.25) is 0 Å². The maximum absolute atomic E-state index is 12.4. The Morgan fingerprint density at radius 3 is 2.90 bits per heavy atom. The van der Waals surface area contributed by atoms with Gasteiger partial charge >= 0.3 is 0 Å². The van der Waals surface area contributed by atoms with Crippen LogP contribution in [0.3, 0.4) is 0 Å². The Balaban J connectivity index is 1.98. The molecule has 1 aliphatic carbocycles. The molecule has 0 spiro atoms. The molecule has 0 saturated heterocycles. The van der Waals surface area contributed by atoms with Gasteiger partial charge in [-0.15, -0.1) is 11.3 Å². The number of nitrogens with one attached hydrogen (secondary N) is 2. The van der Waals surface area contributed by atoms with Crippen LogP contribution in [-0.4, -0.2) is 32.5 Å². The van der Waals surface area contributed by atoms with Crippen molar-refractivity contribution >= 4 is 33.1 Å². The Morgan fingerprint density at radius 2 is 2.25 bits per heavy atom. The van der Waals surface area contributed by atoms with E-state index in [1.54, 1.807) is 17.8 Å². The van der Waals surface area contributed by atoms with Crippen molar-refractivity contribution in [1.29, 1.82) is 0 Å². The number of hydrogen-bond donors (Lipinski definition) is 2. The predicted octanol–water partition coefficient (Wildman–Crippen LogP) is 2.42. The highest BCUT2D eigenvalue weighted by Gasteiger charge is 2.24. The molecular weight excluding hydrogens is 312 g/mol. The Hall–Kier alpha value is -0.0800. The SMILES string of the molecule is CSCCC(C)NS(=O)(=O)c1ccsc1CNC1CC1. The van der Waals surface area contributed by atoms with Crippen LogP contribution in [0.1, 0.15) is 31.1 Å². The van der Waals surface area contributed by atoms with E-state index in [1.165, 1.54) is 24.2 Å². The van der Waals surface area contributed by atoms with Crippen molar-refractivity contribution in [1.82, 2.24) is 10.0 Å². The molecule has 4 nitrogen and oxygen atoms in total. The molecule has 20 heavy (non-hydrogen) atoms. The van der Waals surface area contributed by atoms with Crippen LogP contribution in [0.25, 0.3) is 0 Å². The van der Waals surface area contributed by atoms with E-state index >= 15 is 0 Å². The molecule has 7 heteroatoms. The van der Waals surface area contributed by atoms with Crippen molar-refractivity contribution in [2.24, 2.45) is 0 Å². The second-order valence-corrected chi connectivity index (χ2v) is 8.84. The highest BCUT2D eigenvalue weighted by atomic mass is 32.2. The van der Waals surface area contributed by atoms with Gasteiger partial charge in [0.05, 0.1) is 4.90 Å². The van der Waals surface area contributed by atoms with E-state index in [1.807, 2.05) is 18.6 Å².